The van der Waals surface area contributed by atoms with Gasteiger partial charge in [0.25, 0.3) is 5.91 Å². The highest BCUT2D eigenvalue weighted by Gasteiger charge is 2.33. The molecule has 2 heterocycles. The normalized spacial score (nSPS) is 15.5. The molecular formula is C32H33Cl2N3OS. The quantitative estimate of drug-likeness (QED) is 0.236. The van der Waals surface area contributed by atoms with Gasteiger partial charge in [-0.05, 0) is 105 Å². The highest BCUT2D eigenvalue weighted by Crippen LogP contribution is 2.45. The van der Waals surface area contributed by atoms with Crippen molar-refractivity contribution in [2.45, 2.75) is 53.9 Å². The zero-order chi connectivity index (χ0) is 27.9. The van der Waals surface area contributed by atoms with Crippen LogP contribution in [0.5, 0.6) is 0 Å². The molecule has 39 heavy (non-hydrogen) atoms. The van der Waals surface area contributed by atoms with Crippen molar-refractivity contribution in [2.75, 3.05) is 5.32 Å². The number of anilines is 1. The number of halogens is 2. The van der Waals surface area contributed by atoms with E-state index >= 15 is 0 Å². The molecule has 2 aromatic heterocycles. The average Bonchev–Trinajstić information content (AvgIpc) is 3.39. The molecule has 1 amide bonds. The molecule has 5 rings (SSSR count). The van der Waals surface area contributed by atoms with Crippen LogP contribution in [0.4, 0.5) is 10.7 Å². The maximum atomic E-state index is 13.7. The summed E-state index contributed by atoms with van der Waals surface area (Å²) in [5, 5.41) is 5.18. The number of aromatic nitrogens is 1. The number of carbonyl (C=O) groups is 1. The number of aryl methyl sites for hydroxylation is 1. The minimum absolute atomic E-state index is 0.122. The summed E-state index contributed by atoms with van der Waals surface area (Å²) in [5.41, 5.74) is 7.04. The number of nitrogens with zero attached hydrogens (tertiary/aromatic N) is 2. The highest BCUT2D eigenvalue weighted by atomic mass is 35.5. The van der Waals surface area contributed by atoms with Crippen molar-refractivity contribution >= 4 is 57.3 Å². The lowest BCUT2D eigenvalue weighted by atomic mass is 9.72. The fourth-order valence-corrected chi connectivity index (χ4v) is 6.92. The summed E-state index contributed by atoms with van der Waals surface area (Å²) in [5.74, 6) is 0.453. The Labute approximate surface area is 244 Å². The number of carbonyl (C=O) groups excluding carboxylic acids is 1. The van der Waals surface area contributed by atoms with Crippen molar-refractivity contribution in [2.24, 2.45) is 16.3 Å². The van der Waals surface area contributed by atoms with Crippen molar-refractivity contribution < 1.29 is 4.79 Å². The minimum Gasteiger partial charge on any atom is -0.322 e. The lowest BCUT2D eigenvalue weighted by Gasteiger charge is -2.33. The Morgan fingerprint density at radius 1 is 1.05 bits per heavy atom. The summed E-state index contributed by atoms with van der Waals surface area (Å²) < 4.78 is 2.19. The summed E-state index contributed by atoms with van der Waals surface area (Å²) >= 11 is 13.8. The molecule has 0 spiro atoms. The molecule has 0 saturated heterocycles. The fourth-order valence-electron chi connectivity index (χ4n) is 5.40. The molecule has 0 unspecified atom stereocenters. The van der Waals surface area contributed by atoms with Crippen molar-refractivity contribution in [3.05, 3.63) is 97.6 Å². The van der Waals surface area contributed by atoms with E-state index in [4.69, 9.17) is 28.2 Å². The van der Waals surface area contributed by atoms with Crippen LogP contribution in [0.2, 0.25) is 10.0 Å². The Balaban J connectivity index is 1.51. The molecule has 0 fully saturated rings. The molecule has 2 aromatic carbocycles. The standard InChI is InChI=1S/C32H33Cl2N3OS/c1-19-16-21(20(2)37(19)26-13-9-24(34)10-14-26)18-35-31-29(30(38)36-25-11-7-23(33)8-12-25)27-15-6-22(32(3,4)5)17-28(27)39-31/h7-14,16,18,22H,6,15,17H2,1-5H3,(H,36,38)/t22-/m0/s1. The van der Waals surface area contributed by atoms with Crippen LogP contribution < -0.4 is 5.32 Å². The third-order valence-electron chi connectivity index (χ3n) is 7.68. The summed E-state index contributed by atoms with van der Waals surface area (Å²) in [7, 11) is 0. The maximum absolute atomic E-state index is 13.7. The molecule has 1 atom stereocenters. The molecule has 0 radical (unpaired) electrons. The molecule has 0 aliphatic heterocycles. The van der Waals surface area contributed by atoms with E-state index in [0.717, 1.165) is 52.5 Å². The first-order valence-corrected chi connectivity index (χ1v) is 14.8. The van der Waals surface area contributed by atoms with Gasteiger partial charge in [-0.25, -0.2) is 4.99 Å². The number of amides is 1. The van der Waals surface area contributed by atoms with Gasteiger partial charge in [-0.1, -0.05) is 44.0 Å². The second-order valence-electron chi connectivity index (χ2n) is 11.3. The second-order valence-corrected chi connectivity index (χ2v) is 13.3. The third-order valence-corrected chi connectivity index (χ3v) is 9.34. The SMILES string of the molecule is Cc1cc(C=Nc2sc3c(c2C(=O)Nc2ccc(Cl)cc2)CC[C@H](C(C)(C)C)C3)c(C)n1-c1ccc(Cl)cc1. The molecule has 0 bridgehead atoms. The van der Waals surface area contributed by atoms with E-state index in [1.165, 1.54) is 4.88 Å². The summed E-state index contributed by atoms with van der Waals surface area (Å²) in [6.45, 7) is 11.1. The van der Waals surface area contributed by atoms with Crippen LogP contribution >= 0.6 is 34.5 Å². The van der Waals surface area contributed by atoms with Gasteiger partial charge in [0.2, 0.25) is 0 Å². The third kappa shape index (κ3) is 5.86. The van der Waals surface area contributed by atoms with E-state index in [2.05, 4.69) is 50.6 Å². The highest BCUT2D eigenvalue weighted by molar-refractivity contribution is 7.16. The smallest absolute Gasteiger partial charge is 0.259 e. The lowest BCUT2D eigenvalue weighted by Crippen LogP contribution is -2.27. The van der Waals surface area contributed by atoms with E-state index in [0.29, 0.717) is 27.2 Å². The zero-order valence-corrected chi connectivity index (χ0v) is 25.3. The Hall–Kier alpha value is -2.86. The number of nitrogens with one attached hydrogen (secondary N) is 1. The summed E-state index contributed by atoms with van der Waals surface area (Å²) in [4.78, 5) is 19.9. The van der Waals surface area contributed by atoms with Crippen LogP contribution in [0.1, 0.15) is 64.9 Å². The van der Waals surface area contributed by atoms with E-state index in [1.807, 2.05) is 42.6 Å². The number of fused-ring (bicyclic) bond motifs is 1. The molecule has 0 saturated carbocycles. The van der Waals surface area contributed by atoms with Gasteiger partial charge in [0, 0.05) is 49.5 Å². The second kappa shape index (κ2) is 11.0. The zero-order valence-electron chi connectivity index (χ0n) is 22.9. The van der Waals surface area contributed by atoms with Gasteiger partial charge in [-0.3, -0.25) is 4.79 Å². The molecule has 1 aliphatic rings. The number of hydrogen-bond acceptors (Lipinski definition) is 3. The van der Waals surface area contributed by atoms with Gasteiger partial charge in [0.15, 0.2) is 0 Å². The monoisotopic (exact) mass is 577 g/mol. The number of rotatable bonds is 5. The molecule has 4 nitrogen and oxygen atoms in total. The Bertz CT molecular complexity index is 1540. The van der Waals surface area contributed by atoms with Crippen molar-refractivity contribution in [1.82, 2.24) is 4.57 Å². The first-order valence-electron chi connectivity index (χ1n) is 13.2. The van der Waals surface area contributed by atoms with Crippen LogP contribution in [0.25, 0.3) is 5.69 Å². The van der Waals surface area contributed by atoms with Gasteiger partial charge < -0.3 is 9.88 Å². The Kier molecular flexibility index (Phi) is 7.78. The predicted molar refractivity (Wildman–Crippen MR) is 166 cm³/mol. The number of hydrogen-bond donors (Lipinski definition) is 1. The predicted octanol–water partition coefficient (Wildman–Crippen LogP) is 9.62. The van der Waals surface area contributed by atoms with Gasteiger partial charge in [-0.2, -0.15) is 0 Å². The van der Waals surface area contributed by atoms with Crippen LogP contribution in [-0.2, 0) is 12.8 Å². The van der Waals surface area contributed by atoms with Gasteiger partial charge in [0.05, 0.1) is 5.56 Å². The summed E-state index contributed by atoms with van der Waals surface area (Å²) in [6, 6.07) is 17.2. The first kappa shape index (κ1) is 27.7. The average molecular weight is 579 g/mol. The van der Waals surface area contributed by atoms with E-state index in [9.17, 15) is 4.79 Å². The molecule has 4 aromatic rings. The summed E-state index contributed by atoms with van der Waals surface area (Å²) in [6.07, 6.45) is 4.83. The topological polar surface area (TPSA) is 46.4 Å². The molecule has 1 aliphatic carbocycles. The molecule has 202 valence electrons. The van der Waals surface area contributed by atoms with Crippen LogP contribution in [0.15, 0.2) is 59.6 Å². The largest absolute Gasteiger partial charge is 0.322 e. The van der Waals surface area contributed by atoms with E-state index < -0.39 is 0 Å². The number of aliphatic imine (C=N–C) groups is 1. The molecular weight excluding hydrogens is 545 g/mol. The first-order chi connectivity index (χ1) is 18.5. The Morgan fingerprint density at radius 3 is 2.33 bits per heavy atom. The molecule has 1 N–H and O–H groups in total. The lowest BCUT2D eigenvalue weighted by molar-refractivity contribution is 0.102. The van der Waals surface area contributed by atoms with Gasteiger partial charge >= 0.3 is 0 Å². The van der Waals surface area contributed by atoms with Crippen LogP contribution in [0, 0.1) is 25.2 Å². The van der Waals surface area contributed by atoms with Gasteiger partial charge in [-0.15, -0.1) is 11.3 Å². The Morgan fingerprint density at radius 2 is 1.69 bits per heavy atom. The van der Waals surface area contributed by atoms with Gasteiger partial charge in [0.1, 0.15) is 5.00 Å². The van der Waals surface area contributed by atoms with Crippen molar-refractivity contribution in [3.63, 3.8) is 0 Å². The van der Waals surface area contributed by atoms with Crippen molar-refractivity contribution in [3.8, 4) is 5.69 Å². The molecule has 7 heteroatoms. The van der Waals surface area contributed by atoms with Crippen LogP contribution in [-0.4, -0.2) is 16.7 Å². The minimum atomic E-state index is -0.122. The van der Waals surface area contributed by atoms with E-state index in [-0.39, 0.29) is 11.3 Å². The van der Waals surface area contributed by atoms with E-state index in [1.54, 1.807) is 23.5 Å². The maximum Gasteiger partial charge on any atom is 0.259 e. The number of thiophene rings is 1. The fraction of sp³-hybridized carbons (Fsp3) is 0.312. The van der Waals surface area contributed by atoms with Crippen molar-refractivity contribution in [1.29, 1.82) is 0 Å². The number of benzene rings is 2. The van der Waals surface area contributed by atoms with Crippen LogP contribution in [0.3, 0.4) is 0 Å².